The van der Waals surface area contributed by atoms with Gasteiger partial charge in [0.1, 0.15) is 0 Å². The van der Waals surface area contributed by atoms with Crippen LogP contribution in [0.1, 0.15) is 20.3 Å². The Morgan fingerprint density at radius 1 is 1.50 bits per heavy atom. The molecule has 0 bridgehead atoms. The van der Waals surface area contributed by atoms with Gasteiger partial charge in [-0.25, -0.2) is 0 Å². The van der Waals surface area contributed by atoms with Crippen molar-refractivity contribution in [1.29, 1.82) is 0 Å². The molecule has 0 amide bonds. The van der Waals surface area contributed by atoms with E-state index in [0.717, 1.165) is 6.42 Å². The predicted octanol–water partition coefficient (Wildman–Crippen LogP) is 0.751. The number of aliphatic hydroxyl groups is 1. The highest BCUT2D eigenvalue weighted by Gasteiger charge is 2.61. The highest BCUT2D eigenvalue weighted by Crippen LogP contribution is 2.55. The maximum atomic E-state index is 9.24. The molecule has 1 saturated carbocycles. The quantitative estimate of drug-likeness (QED) is 0.512. The third-order valence-corrected chi connectivity index (χ3v) is 1.95. The average molecular weight is 116 g/mol. The van der Waals surface area contributed by atoms with Gasteiger partial charge in [-0.1, -0.05) is 13.8 Å². The minimum absolute atomic E-state index is 0.0122. The Morgan fingerprint density at radius 3 is 1.88 bits per heavy atom. The molecule has 48 valence electrons. The third-order valence-electron chi connectivity index (χ3n) is 1.95. The standard InChI is InChI=1S/C6H12O2/c1-5(2)4-6(5,7)8-3/h7H,4H2,1-3H3. The monoisotopic (exact) mass is 116 g/mol. The van der Waals surface area contributed by atoms with Crippen LogP contribution in [0.3, 0.4) is 0 Å². The Bertz CT molecular complexity index is 109. The van der Waals surface area contributed by atoms with Crippen LogP contribution in [-0.2, 0) is 4.74 Å². The summed E-state index contributed by atoms with van der Waals surface area (Å²) in [4.78, 5) is 0. The van der Waals surface area contributed by atoms with Gasteiger partial charge in [0.05, 0.1) is 0 Å². The van der Waals surface area contributed by atoms with E-state index in [4.69, 9.17) is 4.74 Å². The molecule has 0 aromatic heterocycles. The first-order chi connectivity index (χ1) is 3.52. The van der Waals surface area contributed by atoms with Crippen LogP contribution in [0.25, 0.3) is 0 Å². The molecule has 0 spiro atoms. The molecule has 1 unspecified atom stereocenters. The number of ether oxygens (including phenoxy) is 1. The second-order valence-electron chi connectivity index (χ2n) is 3.05. The molecule has 1 atom stereocenters. The Morgan fingerprint density at radius 2 is 1.88 bits per heavy atom. The van der Waals surface area contributed by atoms with Gasteiger partial charge < -0.3 is 9.84 Å². The van der Waals surface area contributed by atoms with Crippen LogP contribution < -0.4 is 0 Å². The second kappa shape index (κ2) is 1.25. The van der Waals surface area contributed by atoms with Gasteiger partial charge >= 0.3 is 0 Å². The molecule has 1 fully saturated rings. The van der Waals surface area contributed by atoms with Crippen molar-refractivity contribution in [2.75, 3.05) is 7.11 Å². The van der Waals surface area contributed by atoms with Gasteiger partial charge in [0.15, 0.2) is 5.79 Å². The van der Waals surface area contributed by atoms with E-state index >= 15 is 0 Å². The molecule has 8 heavy (non-hydrogen) atoms. The number of hydrogen-bond acceptors (Lipinski definition) is 2. The molecule has 2 heteroatoms. The van der Waals surface area contributed by atoms with Gasteiger partial charge in [-0.05, 0) is 0 Å². The van der Waals surface area contributed by atoms with E-state index in [-0.39, 0.29) is 5.41 Å². The van der Waals surface area contributed by atoms with E-state index in [1.807, 2.05) is 13.8 Å². The second-order valence-corrected chi connectivity index (χ2v) is 3.05. The highest BCUT2D eigenvalue weighted by atomic mass is 16.6. The van der Waals surface area contributed by atoms with Crippen molar-refractivity contribution in [2.24, 2.45) is 5.41 Å². The summed E-state index contributed by atoms with van der Waals surface area (Å²) in [7, 11) is 1.54. The fourth-order valence-corrected chi connectivity index (χ4v) is 0.903. The minimum Gasteiger partial charge on any atom is -0.365 e. The van der Waals surface area contributed by atoms with Crippen LogP contribution in [0.2, 0.25) is 0 Å². The van der Waals surface area contributed by atoms with Crippen molar-refractivity contribution in [2.45, 2.75) is 26.1 Å². The lowest BCUT2D eigenvalue weighted by molar-refractivity contribution is -0.126. The van der Waals surface area contributed by atoms with Crippen LogP contribution in [0, 0.1) is 5.41 Å². The average Bonchev–Trinajstić information content (AvgIpc) is 2.10. The summed E-state index contributed by atoms with van der Waals surface area (Å²) >= 11 is 0. The molecule has 1 aliphatic rings. The Labute approximate surface area is 49.5 Å². The largest absolute Gasteiger partial charge is 0.365 e. The van der Waals surface area contributed by atoms with Crippen LogP contribution in [-0.4, -0.2) is 18.0 Å². The molecule has 0 aromatic rings. The van der Waals surface area contributed by atoms with Crippen LogP contribution >= 0.6 is 0 Å². The third kappa shape index (κ3) is 0.565. The first kappa shape index (κ1) is 6.05. The lowest BCUT2D eigenvalue weighted by Crippen LogP contribution is -2.17. The van der Waals surface area contributed by atoms with E-state index in [1.165, 1.54) is 7.11 Å². The molecule has 1 rings (SSSR count). The fourth-order valence-electron chi connectivity index (χ4n) is 0.903. The van der Waals surface area contributed by atoms with E-state index in [1.54, 1.807) is 0 Å². The summed E-state index contributed by atoms with van der Waals surface area (Å²) in [6, 6.07) is 0. The van der Waals surface area contributed by atoms with E-state index in [9.17, 15) is 5.11 Å². The topological polar surface area (TPSA) is 29.5 Å². The fraction of sp³-hybridized carbons (Fsp3) is 1.00. The van der Waals surface area contributed by atoms with Gasteiger partial charge in [-0.2, -0.15) is 0 Å². The first-order valence-electron chi connectivity index (χ1n) is 2.79. The highest BCUT2D eigenvalue weighted by molar-refractivity contribution is 5.03. The lowest BCUT2D eigenvalue weighted by atomic mass is 10.2. The van der Waals surface area contributed by atoms with Crippen molar-refractivity contribution >= 4 is 0 Å². The van der Waals surface area contributed by atoms with E-state index in [2.05, 4.69) is 0 Å². The lowest BCUT2D eigenvalue weighted by Gasteiger charge is -2.09. The Balaban J connectivity index is 2.55. The zero-order valence-electron chi connectivity index (χ0n) is 5.56. The van der Waals surface area contributed by atoms with Crippen molar-refractivity contribution in [3.8, 4) is 0 Å². The van der Waals surface area contributed by atoms with Crippen LogP contribution in [0.5, 0.6) is 0 Å². The Kier molecular flexibility index (Phi) is 0.946. The summed E-state index contributed by atoms with van der Waals surface area (Å²) in [5, 5.41) is 9.24. The molecule has 0 radical (unpaired) electrons. The van der Waals surface area contributed by atoms with Crippen molar-refractivity contribution < 1.29 is 9.84 Å². The number of methoxy groups -OCH3 is 1. The van der Waals surface area contributed by atoms with Crippen LogP contribution in [0.15, 0.2) is 0 Å². The zero-order chi connectivity index (χ0) is 6.41. The Hall–Kier alpha value is -0.0800. The summed E-state index contributed by atoms with van der Waals surface area (Å²) in [5.74, 6) is -0.812. The molecule has 0 saturated heterocycles. The smallest absolute Gasteiger partial charge is 0.171 e. The maximum Gasteiger partial charge on any atom is 0.171 e. The molecule has 0 heterocycles. The van der Waals surface area contributed by atoms with E-state index < -0.39 is 5.79 Å². The summed E-state index contributed by atoms with van der Waals surface area (Å²) in [6.07, 6.45) is 0.760. The number of hydrogen-bond donors (Lipinski definition) is 1. The van der Waals surface area contributed by atoms with Crippen molar-refractivity contribution in [3.63, 3.8) is 0 Å². The van der Waals surface area contributed by atoms with Crippen molar-refractivity contribution in [1.82, 2.24) is 0 Å². The SMILES string of the molecule is COC1(O)CC1(C)C. The molecular weight excluding hydrogens is 104 g/mol. The van der Waals surface area contributed by atoms with Gasteiger partial charge in [-0.15, -0.1) is 0 Å². The predicted molar refractivity (Wildman–Crippen MR) is 30.4 cm³/mol. The zero-order valence-corrected chi connectivity index (χ0v) is 5.56. The summed E-state index contributed by atoms with van der Waals surface area (Å²) < 4.78 is 4.82. The molecule has 1 N–H and O–H groups in total. The van der Waals surface area contributed by atoms with Gasteiger partial charge in [-0.3, -0.25) is 0 Å². The van der Waals surface area contributed by atoms with E-state index in [0.29, 0.717) is 0 Å². The normalized spacial score (nSPS) is 42.0. The minimum atomic E-state index is -0.812. The van der Waals surface area contributed by atoms with Gasteiger partial charge in [0.25, 0.3) is 0 Å². The molecule has 0 aromatic carbocycles. The van der Waals surface area contributed by atoms with Crippen LogP contribution in [0.4, 0.5) is 0 Å². The first-order valence-corrected chi connectivity index (χ1v) is 2.79. The molecule has 0 aliphatic heterocycles. The molecule has 1 aliphatic carbocycles. The van der Waals surface area contributed by atoms with Gasteiger partial charge in [0.2, 0.25) is 0 Å². The molecular formula is C6H12O2. The van der Waals surface area contributed by atoms with Gasteiger partial charge in [0, 0.05) is 18.9 Å². The molecule has 2 nitrogen and oxygen atoms in total. The summed E-state index contributed by atoms with van der Waals surface area (Å²) in [6.45, 7) is 3.97. The number of rotatable bonds is 1. The maximum absolute atomic E-state index is 9.24. The summed E-state index contributed by atoms with van der Waals surface area (Å²) in [5.41, 5.74) is -0.0122. The van der Waals surface area contributed by atoms with Crippen molar-refractivity contribution in [3.05, 3.63) is 0 Å².